The summed E-state index contributed by atoms with van der Waals surface area (Å²) in [5.41, 5.74) is 0.471. The molecule has 1 N–H and O–H groups in total. The number of rotatable bonds is 9. The minimum Gasteiger partial charge on any atom is -0.550 e. The number of carboxylic acids is 1. The molecule has 0 heterocycles. The van der Waals surface area contributed by atoms with Crippen LogP contribution in [0.2, 0.25) is 0 Å². The Balaban J connectivity index is 2.71. The Kier molecular flexibility index (Phi) is 7.03. The van der Waals surface area contributed by atoms with Crippen molar-refractivity contribution in [1.82, 2.24) is 5.32 Å². The van der Waals surface area contributed by atoms with E-state index in [0.29, 0.717) is 28.9 Å². The maximum Gasteiger partial charge on any atom is 0.251 e. The largest absolute Gasteiger partial charge is 0.550 e. The zero-order valence-corrected chi connectivity index (χ0v) is 14.3. The fourth-order valence-corrected chi connectivity index (χ4v) is 2.21. The van der Waals surface area contributed by atoms with E-state index in [4.69, 9.17) is 4.74 Å². The molecule has 1 amide bonds. The molecule has 0 fully saturated rings. The second kappa shape index (κ2) is 8.53. The minimum absolute atomic E-state index is 0.209. The lowest BCUT2D eigenvalue weighted by Gasteiger charge is -2.30. The smallest absolute Gasteiger partial charge is 0.251 e. The molecule has 0 bridgehead atoms. The Morgan fingerprint density at radius 2 is 1.83 bits per heavy atom. The number of nitrogens with zero attached hydrogens (tertiary/aromatic N) is 1. The molecule has 128 valence electrons. The molecule has 0 aromatic heterocycles. The van der Waals surface area contributed by atoms with Gasteiger partial charge in [0.1, 0.15) is 5.75 Å². The standard InChI is InChI=1S/C17H26N2O4/c1-5-10-23-15-8-6-13(7-9-15)17(22)18-14(11-16(20)21)12-19(2,3)4/h6-9,14H,5,10-12H2,1-4H3,(H-,18,20,21,22). The highest BCUT2D eigenvalue weighted by atomic mass is 16.5. The van der Waals surface area contributed by atoms with Gasteiger partial charge in [0, 0.05) is 18.0 Å². The molecule has 1 aromatic rings. The van der Waals surface area contributed by atoms with Gasteiger partial charge in [-0.05, 0) is 30.7 Å². The Bertz CT molecular complexity index is 520. The molecule has 6 heteroatoms. The zero-order chi connectivity index (χ0) is 17.5. The van der Waals surface area contributed by atoms with Gasteiger partial charge >= 0.3 is 0 Å². The second-order valence-electron chi connectivity index (χ2n) is 6.59. The molecule has 0 saturated carbocycles. The van der Waals surface area contributed by atoms with Gasteiger partial charge in [0.2, 0.25) is 0 Å². The summed E-state index contributed by atoms with van der Waals surface area (Å²) in [6, 6.07) is 6.32. The van der Waals surface area contributed by atoms with Crippen LogP contribution in [-0.4, -0.2) is 56.7 Å². The number of benzene rings is 1. The summed E-state index contributed by atoms with van der Waals surface area (Å²) in [7, 11) is 5.82. The van der Waals surface area contributed by atoms with Crippen LogP contribution in [0.3, 0.4) is 0 Å². The summed E-state index contributed by atoms with van der Waals surface area (Å²) < 4.78 is 6.01. The third-order valence-corrected chi connectivity index (χ3v) is 3.11. The Hall–Kier alpha value is -2.08. The van der Waals surface area contributed by atoms with Crippen molar-refractivity contribution in [3.63, 3.8) is 0 Å². The van der Waals surface area contributed by atoms with Gasteiger partial charge in [-0.2, -0.15) is 0 Å². The van der Waals surface area contributed by atoms with E-state index in [2.05, 4.69) is 5.32 Å². The van der Waals surface area contributed by atoms with E-state index in [0.717, 1.165) is 6.42 Å². The van der Waals surface area contributed by atoms with Gasteiger partial charge < -0.3 is 24.4 Å². The number of nitrogens with one attached hydrogen (secondary N) is 1. The number of carboxylic acid groups (broad SMARTS) is 1. The van der Waals surface area contributed by atoms with E-state index in [1.807, 2.05) is 28.1 Å². The predicted molar refractivity (Wildman–Crippen MR) is 86.0 cm³/mol. The van der Waals surface area contributed by atoms with Crippen LogP contribution in [0, 0.1) is 0 Å². The van der Waals surface area contributed by atoms with E-state index in [1.54, 1.807) is 24.3 Å². The topological polar surface area (TPSA) is 78.5 Å². The van der Waals surface area contributed by atoms with E-state index >= 15 is 0 Å². The maximum atomic E-state index is 12.3. The maximum absolute atomic E-state index is 12.3. The lowest BCUT2D eigenvalue weighted by atomic mass is 10.1. The Labute approximate surface area is 137 Å². The summed E-state index contributed by atoms with van der Waals surface area (Å²) in [6.45, 7) is 3.15. The van der Waals surface area contributed by atoms with Gasteiger partial charge in [-0.1, -0.05) is 6.92 Å². The van der Waals surface area contributed by atoms with Crippen LogP contribution in [0.1, 0.15) is 30.1 Å². The number of carbonyl (C=O) groups excluding carboxylic acids is 2. The highest BCUT2D eigenvalue weighted by Crippen LogP contribution is 2.13. The Morgan fingerprint density at radius 3 is 2.30 bits per heavy atom. The summed E-state index contributed by atoms with van der Waals surface area (Å²) in [5.74, 6) is -0.764. The fraction of sp³-hybridized carbons (Fsp3) is 0.529. The van der Waals surface area contributed by atoms with Crippen LogP contribution < -0.4 is 15.2 Å². The van der Waals surface area contributed by atoms with E-state index in [9.17, 15) is 14.7 Å². The van der Waals surface area contributed by atoms with Crippen LogP contribution in [0.15, 0.2) is 24.3 Å². The fourth-order valence-electron chi connectivity index (χ4n) is 2.21. The molecule has 0 radical (unpaired) electrons. The first-order valence-electron chi connectivity index (χ1n) is 7.75. The molecule has 1 aromatic carbocycles. The molecule has 1 atom stereocenters. The molecule has 23 heavy (non-hydrogen) atoms. The van der Waals surface area contributed by atoms with Crippen LogP contribution in [0.5, 0.6) is 5.75 Å². The summed E-state index contributed by atoms with van der Waals surface area (Å²) in [4.78, 5) is 23.1. The highest BCUT2D eigenvalue weighted by Gasteiger charge is 2.21. The molecule has 1 unspecified atom stereocenters. The average Bonchev–Trinajstić information content (AvgIpc) is 2.43. The van der Waals surface area contributed by atoms with Gasteiger partial charge in [0.05, 0.1) is 40.3 Å². The molecule has 0 aliphatic heterocycles. The van der Waals surface area contributed by atoms with Gasteiger partial charge in [-0.25, -0.2) is 0 Å². The van der Waals surface area contributed by atoms with Crippen molar-refractivity contribution in [2.45, 2.75) is 25.8 Å². The van der Waals surface area contributed by atoms with E-state index in [1.165, 1.54) is 0 Å². The predicted octanol–water partition coefficient (Wildman–Crippen LogP) is 0.420. The number of hydrogen-bond acceptors (Lipinski definition) is 4. The molecule has 6 nitrogen and oxygen atoms in total. The van der Waals surface area contributed by atoms with Crippen molar-refractivity contribution in [2.24, 2.45) is 0 Å². The van der Waals surface area contributed by atoms with Gasteiger partial charge in [0.25, 0.3) is 5.91 Å². The first-order valence-corrected chi connectivity index (χ1v) is 7.75. The third-order valence-electron chi connectivity index (χ3n) is 3.11. The lowest BCUT2D eigenvalue weighted by Crippen LogP contribution is -2.50. The monoisotopic (exact) mass is 322 g/mol. The van der Waals surface area contributed by atoms with Crippen molar-refractivity contribution in [1.29, 1.82) is 0 Å². The van der Waals surface area contributed by atoms with Crippen LogP contribution in [0.25, 0.3) is 0 Å². The number of carbonyl (C=O) groups is 2. The quantitative estimate of drug-likeness (QED) is 0.668. The van der Waals surface area contributed by atoms with Gasteiger partial charge in [-0.15, -0.1) is 0 Å². The first-order chi connectivity index (χ1) is 10.7. The van der Waals surface area contributed by atoms with E-state index < -0.39 is 12.0 Å². The molecule has 0 saturated heterocycles. The van der Waals surface area contributed by atoms with Crippen LogP contribution in [0.4, 0.5) is 0 Å². The molecule has 0 spiro atoms. The zero-order valence-electron chi connectivity index (χ0n) is 14.3. The van der Waals surface area contributed by atoms with Gasteiger partial charge in [-0.3, -0.25) is 4.79 Å². The molecular formula is C17H26N2O4. The first kappa shape index (κ1) is 19.0. The number of likely N-dealkylation sites (N-methyl/N-ethyl adjacent to an activating group) is 1. The van der Waals surface area contributed by atoms with Crippen molar-refractivity contribution in [3.05, 3.63) is 29.8 Å². The van der Waals surface area contributed by atoms with Crippen molar-refractivity contribution < 1.29 is 23.9 Å². The van der Waals surface area contributed by atoms with Gasteiger partial charge in [0.15, 0.2) is 0 Å². The number of quaternary nitrogens is 1. The number of hydrogen-bond donors (Lipinski definition) is 1. The summed E-state index contributed by atoms with van der Waals surface area (Å²) >= 11 is 0. The number of aliphatic carboxylic acids is 1. The molecule has 0 aliphatic carbocycles. The van der Waals surface area contributed by atoms with Crippen LogP contribution in [-0.2, 0) is 4.79 Å². The molecular weight excluding hydrogens is 296 g/mol. The van der Waals surface area contributed by atoms with Crippen molar-refractivity contribution >= 4 is 11.9 Å². The number of amides is 1. The SMILES string of the molecule is CCCOc1ccc(C(=O)NC(CC(=O)[O-])C[N+](C)(C)C)cc1. The van der Waals surface area contributed by atoms with Crippen molar-refractivity contribution in [2.75, 3.05) is 34.3 Å². The van der Waals surface area contributed by atoms with Crippen molar-refractivity contribution in [3.8, 4) is 5.75 Å². The highest BCUT2D eigenvalue weighted by molar-refractivity contribution is 5.94. The van der Waals surface area contributed by atoms with E-state index in [-0.39, 0.29) is 12.3 Å². The third kappa shape index (κ3) is 7.65. The second-order valence-corrected chi connectivity index (χ2v) is 6.59. The molecule has 1 rings (SSSR count). The average molecular weight is 322 g/mol. The normalized spacial score (nSPS) is 12.5. The van der Waals surface area contributed by atoms with Crippen LogP contribution >= 0.6 is 0 Å². The Morgan fingerprint density at radius 1 is 1.22 bits per heavy atom. The minimum atomic E-state index is -1.17. The number of ether oxygens (including phenoxy) is 1. The lowest BCUT2D eigenvalue weighted by molar-refractivity contribution is -0.871. The molecule has 0 aliphatic rings. The summed E-state index contributed by atoms with van der Waals surface area (Å²) in [6.07, 6.45) is 0.706. The summed E-state index contributed by atoms with van der Waals surface area (Å²) in [5, 5.41) is 13.6.